The van der Waals surface area contributed by atoms with E-state index >= 15 is 0 Å². The molecule has 5 rings (SSSR count). The summed E-state index contributed by atoms with van der Waals surface area (Å²) in [6.07, 6.45) is -1.79. The van der Waals surface area contributed by atoms with Gasteiger partial charge in [-0.15, -0.1) is 0 Å². The van der Waals surface area contributed by atoms with Crippen LogP contribution in [0.1, 0.15) is 41.1 Å². The number of para-hydroxylation sites is 2. The molecule has 0 radical (unpaired) electrons. The molecule has 52 heavy (non-hydrogen) atoms. The fraction of sp³-hybridized carbons (Fsp3) is 0.474. The first-order valence-corrected chi connectivity index (χ1v) is 17.3. The van der Waals surface area contributed by atoms with Crippen molar-refractivity contribution >= 4 is 22.9 Å². The van der Waals surface area contributed by atoms with E-state index in [1.165, 1.54) is 21.3 Å². The Morgan fingerprint density at radius 1 is 0.942 bits per heavy atom. The molecule has 0 aliphatic carbocycles. The van der Waals surface area contributed by atoms with Gasteiger partial charge >= 0.3 is 6.18 Å². The summed E-state index contributed by atoms with van der Waals surface area (Å²) in [7, 11) is 8.00. The first-order valence-electron chi connectivity index (χ1n) is 17.3. The van der Waals surface area contributed by atoms with Crippen LogP contribution < -0.4 is 24.3 Å². The van der Waals surface area contributed by atoms with Crippen LogP contribution in [0.15, 0.2) is 60.7 Å². The first-order chi connectivity index (χ1) is 25.0. The number of anilines is 1. The Morgan fingerprint density at radius 2 is 1.62 bits per heavy atom. The Labute approximate surface area is 302 Å². The van der Waals surface area contributed by atoms with Crippen LogP contribution >= 0.6 is 0 Å². The van der Waals surface area contributed by atoms with Crippen molar-refractivity contribution < 1.29 is 41.7 Å². The molecular formula is C38H48F3N5O6. The highest BCUT2D eigenvalue weighted by molar-refractivity contribution is 5.95. The van der Waals surface area contributed by atoms with Crippen molar-refractivity contribution in [2.45, 2.75) is 43.9 Å². The van der Waals surface area contributed by atoms with Gasteiger partial charge in [-0.25, -0.2) is 4.98 Å². The molecule has 1 aromatic heterocycles. The molecule has 1 aliphatic heterocycles. The van der Waals surface area contributed by atoms with E-state index in [0.717, 1.165) is 61.2 Å². The predicted octanol–water partition coefficient (Wildman–Crippen LogP) is 6.47. The van der Waals surface area contributed by atoms with Crippen molar-refractivity contribution in [1.82, 2.24) is 19.4 Å². The summed E-state index contributed by atoms with van der Waals surface area (Å²) in [5, 5.41) is 3.56. The van der Waals surface area contributed by atoms with Crippen LogP contribution in [0.3, 0.4) is 0 Å². The first kappa shape index (κ1) is 38.5. The summed E-state index contributed by atoms with van der Waals surface area (Å²) in [5.74, 6) is 2.54. The highest BCUT2D eigenvalue weighted by Gasteiger charge is 2.28. The number of alkyl halides is 3. The van der Waals surface area contributed by atoms with E-state index in [1.54, 1.807) is 31.2 Å². The highest BCUT2D eigenvalue weighted by atomic mass is 19.4. The van der Waals surface area contributed by atoms with Crippen LogP contribution in [-0.4, -0.2) is 112 Å². The van der Waals surface area contributed by atoms with Gasteiger partial charge in [-0.05, 0) is 67.8 Å². The van der Waals surface area contributed by atoms with Gasteiger partial charge < -0.3 is 43.4 Å². The zero-order chi connectivity index (χ0) is 37.3. The summed E-state index contributed by atoms with van der Waals surface area (Å²) >= 11 is 0. The van der Waals surface area contributed by atoms with Gasteiger partial charge in [-0.2, -0.15) is 13.2 Å². The molecule has 1 N–H and O–H groups in total. The zero-order valence-corrected chi connectivity index (χ0v) is 30.4. The van der Waals surface area contributed by atoms with E-state index in [9.17, 15) is 18.0 Å². The van der Waals surface area contributed by atoms with E-state index in [-0.39, 0.29) is 31.0 Å². The number of ether oxygens (including phenoxy) is 5. The van der Waals surface area contributed by atoms with Crippen LogP contribution in [0.4, 0.5) is 19.1 Å². The number of likely N-dealkylation sites (N-methyl/N-ethyl adjacent to an activating group) is 1. The Balaban J connectivity index is 1.21. The predicted molar refractivity (Wildman–Crippen MR) is 193 cm³/mol. The van der Waals surface area contributed by atoms with Gasteiger partial charge in [0.2, 0.25) is 11.7 Å². The Bertz CT molecular complexity index is 1730. The van der Waals surface area contributed by atoms with Crippen molar-refractivity contribution in [3.05, 3.63) is 71.8 Å². The summed E-state index contributed by atoms with van der Waals surface area (Å²) in [6, 6.07) is 19.1. The van der Waals surface area contributed by atoms with Crippen LogP contribution in [0.2, 0.25) is 0 Å². The largest absolute Gasteiger partial charge is 0.497 e. The lowest BCUT2D eigenvalue weighted by Gasteiger charge is -2.34. The average molecular weight is 728 g/mol. The van der Waals surface area contributed by atoms with Gasteiger partial charge in [0, 0.05) is 50.7 Å². The van der Waals surface area contributed by atoms with E-state index < -0.39 is 12.8 Å². The summed E-state index contributed by atoms with van der Waals surface area (Å²) in [5.41, 5.74) is 3.16. The van der Waals surface area contributed by atoms with Gasteiger partial charge in [0.05, 0.1) is 46.1 Å². The molecule has 0 bridgehead atoms. The molecule has 1 atom stereocenters. The number of carbonyl (C=O) groups is 1. The lowest BCUT2D eigenvalue weighted by Crippen LogP contribution is -2.40. The van der Waals surface area contributed by atoms with Crippen molar-refractivity contribution in [3.8, 4) is 23.0 Å². The quantitative estimate of drug-likeness (QED) is 0.123. The number of nitrogens with one attached hydrogen (secondary N) is 1. The molecule has 1 amide bonds. The maximum Gasteiger partial charge on any atom is 0.411 e. The lowest BCUT2D eigenvalue weighted by atomic mass is 9.93. The minimum atomic E-state index is -4.37. The monoisotopic (exact) mass is 727 g/mol. The second-order valence-corrected chi connectivity index (χ2v) is 12.9. The molecule has 2 heterocycles. The summed E-state index contributed by atoms with van der Waals surface area (Å²) in [4.78, 5) is 22.6. The molecule has 0 spiro atoms. The second-order valence-electron chi connectivity index (χ2n) is 12.9. The maximum absolute atomic E-state index is 13.7. The Hall–Kier alpha value is -4.69. The average Bonchev–Trinajstić information content (AvgIpc) is 3.50. The van der Waals surface area contributed by atoms with Crippen molar-refractivity contribution in [1.29, 1.82) is 0 Å². The van der Waals surface area contributed by atoms with Gasteiger partial charge in [0.1, 0.15) is 12.4 Å². The van der Waals surface area contributed by atoms with E-state index in [1.807, 2.05) is 41.0 Å². The molecule has 1 unspecified atom stereocenters. The van der Waals surface area contributed by atoms with Crippen molar-refractivity contribution in [2.24, 2.45) is 0 Å². The maximum atomic E-state index is 13.7. The highest BCUT2D eigenvalue weighted by Crippen LogP contribution is 2.38. The van der Waals surface area contributed by atoms with Crippen molar-refractivity contribution in [3.63, 3.8) is 0 Å². The minimum absolute atomic E-state index is 0.0530. The lowest BCUT2D eigenvalue weighted by molar-refractivity contribution is -0.174. The molecule has 282 valence electrons. The number of nitrogens with zero attached hydrogens (tertiary/aromatic N) is 4. The normalized spacial score (nSPS) is 14.6. The fourth-order valence-electron chi connectivity index (χ4n) is 6.66. The van der Waals surface area contributed by atoms with Crippen LogP contribution in [0.25, 0.3) is 11.0 Å². The van der Waals surface area contributed by atoms with E-state index in [0.29, 0.717) is 35.3 Å². The smallest absolute Gasteiger partial charge is 0.411 e. The number of hydrogen-bond acceptors (Lipinski definition) is 9. The van der Waals surface area contributed by atoms with Gasteiger partial charge in [-0.3, -0.25) is 4.79 Å². The topological polar surface area (TPSA) is 99.6 Å². The second kappa shape index (κ2) is 17.7. The third-order valence-corrected chi connectivity index (χ3v) is 9.43. The number of imidazole rings is 1. The number of hydrogen-bond donors (Lipinski definition) is 1. The van der Waals surface area contributed by atoms with Gasteiger partial charge in [-0.1, -0.05) is 24.3 Å². The number of methoxy groups -OCH3 is 4. The van der Waals surface area contributed by atoms with Gasteiger partial charge in [0.25, 0.3) is 5.91 Å². The number of halogens is 3. The van der Waals surface area contributed by atoms with Crippen molar-refractivity contribution in [2.75, 3.05) is 80.2 Å². The van der Waals surface area contributed by atoms with Gasteiger partial charge in [0.15, 0.2) is 11.5 Å². The molecule has 14 heteroatoms. The molecule has 1 aliphatic rings. The number of piperidine rings is 1. The molecular weight excluding hydrogens is 679 g/mol. The summed E-state index contributed by atoms with van der Waals surface area (Å²) < 4.78 is 66.5. The number of rotatable bonds is 17. The summed E-state index contributed by atoms with van der Waals surface area (Å²) in [6.45, 7) is 1.95. The number of likely N-dealkylation sites (tertiary alicyclic amines) is 1. The molecule has 1 fully saturated rings. The third kappa shape index (κ3) is 9.79. The fourth-order valence-corrected chi connectivity index (χ4v) is 6.66. The van der Waals surface area contributed by atoms with Crippen LogP contribution in [-0.2, 0) is 11.3 Å². The third-order valence-electron chi connectivity index (χ3n) is 9.43. The number of carbonyl (C=O) groups excluding carboxylic acids is 1. The van der Waals surface area contributed by atoms with E-state index in [2.05, 4.69) is 22.3 Å². The molecule has 3 aromatic carbocycles. The Kier molecular flexibility index (Phi) is 13.1. The zero-order valence-electron chi connectivity index (χ0n) is 30.4. The molecule has 4 aromatic rings. The standard InChI is InChI=1S/C38H48F3N5O6/c1-44(36(47)28-22-33(49-3)35(51-5)34(23-28)50-4)24-27(26-10-12-30(48-2)13-11-26)14-17-45-18-15-29(16-19-45)42-37-43-31-8-6-7-9-32(31)46(37)20-21-52-25-38(39,40)41/h6-13,22-23,27,29H,14-21,24-25H2,1-5H3,(H,42,43). The van der Waals surface area contributed by atoms with E-state index in [4.69, 9.17) is 28.7 Å². The molecule has 1 saturated heterocycles. The Morgan fingerprint density at radius 3 is 2.23 bits per heavy atom. The minimum Gasteiger partial charge on any atom is -0.497 e. The van der Waals surface area contributed by atoms with Crippen LogP contribution in [0.5, 0.6) is 23.0 Å². The molecule has 11 nitrogen and oxygen atoms in total. The molecule has 0 saturated carbocycles. The number of amides is 1. The SMILES string of the molecule is COc1ccc(C(CCN2CCC(Nc3nc4ccccc4n3CCOCC(F)(F)F)CC2)CN(C)C(=O)c2cc(OC)c(OC)c(OC)c2)cc1. The van der Waals surface area contributed by atoms with Crippen LogP contribution in [0, 0.1) is 0 Å². The number of aromatic nitrogens is 2. The number of fused-ring (bicyclic) bond motifs is 1. The number of benzene rings is 3.